The monoisotopic (exact) mass is 656 g/mol. The molecule has 0 radical (unpaired) electrons. The standard InChI is InChI=1S/C16H14ClN2O4S.3C4H9.Sn/c1-23-16(22)12(9-18-15(21)13-7-4-8-24-13)19-14(20)10-5-2-3-6-11(10)17;3*1-3-4-2;/h2,4-8,12H,9H2,1H3,(H,18,21)(H,19,20);3*1,3-4H2,2H3;. The first-order valence-electron chi connectivity index (χ1n) is 13.3. The number of hydrogen-bond donors (Lipinski definition) is 2. The molecule has 9 heteroatoms. The molecule has 0 aliphatic rings. The predicted molar refractivity (Wildman–Crippen MR) is 156 cm³/mol. The number of esters is 1. The summed E-state index contributed by atoms with van der Waals surface area (Å²) in [5, 5.41) is 7.59. The maximum absolute atomic E-state index is 13.1. The average Bonchev–Trinajstić information content (AvgIpc) is 3.45. The van der Waals surface area contributed by atoms with Gasteiger partial charge in [0.15, 0.2) is 0 Å². The van der Waals surface area contributed by atoms with Gasteiger partial charge in [-0.3, -0.25) is 0 Å². The van der Waals surface area contributed by atoms with Crippen molar-refractivity contribution in [3.63, 3.8) is 0 Å². The van der Waals surface area contributed by atoms with Crippen LogP contribution in [0.3, 0.4) is 0 Å². The Kier molecular flexibility index (Phi) is 14.0. The van der Waals surface area contributed by atoms with Crippen LogP contribution in [0.15, 0.2) is 35.7 Å². The molecule has 0 bridgehead atoms. The number of halogens is 1. The predicted octanol–water partition coefficient (Wildman–Crippen LogP) is 6.16. The van der Waals surface area contributed by atoms with E-state index in [9.17, 15) is 14.4 Å². The molecule has 2 rings (SSSR count). The van der Waals surface area contributed by atoms with Crippen LogP contribution in [-0.4, -0.2) is 55.9 Å². The second-order valence-electron chi connectivity index (χ2n) is 9.52. The molecular weight excluding hydrogens is 615 g/mol. The molecule has 204 valence electrons. The fourth-order valence-electron chi connectivity index (χ4n) is 4.64. The van der Waals surface area contributed by atoms with Crippen LogP contribution in [0.1, 0.15) is 79.3 Å². The Labute approximate surface area is 234 Å². The molecule has 2 N–H and O–H groups in total. The first-order valence-corrected chi connectivity index (χ1v) is 22.1. The van der Waals surface area contributed by atoms with Gasteiger partial charge in [0, 0.05) is 0 Å². The number of thiophene rings is 1. The molecule has 0 aliphatic heterocycles. The normalized spacial score (nSPS) is 12.1. The Morgan fingerprint density at radius 1 is 0.973 bits per heavy atom. The van der Waals surface area contributed by atoms with Crippen molar-refractivity contribution in [1.29, 1.82) is 0 Å². The summed E-state index contributed by atoms with van der Waals surface area (Å²) >= 11 is 5.32. The number of carbonyl (C=O) groups excluding carboxylic acids is 3. The molecular formula is C28H41ClN2O4SSn. The number of carbonyl (C=O) groups is 3. The van der Waals surface area contributed by atoms with Crippen molar-refractivity contribution in [2.45, 2.75) is 78.6 Å². The Bertz CT molecular complexity index is 994. The van der Waals surface area contributed by atoms with Crippen molar-refractivity contribution in [3.05, 3.63) is 51.2 Å². The molecule has 37 heavy (non-hydrogen) atoms. The minimum absolute atomic E-state index is 0.0878. The van der Waals surface area contributed by atoms with Gasteiger partial charge in [-0.2, -0.15) is 0 Å². The van der Waals surface area contributed by atoms with Gasteiger partial charge in [-0.15, -0.1) is 0 Å². The van der Waals surface area contributed by atoms with Gasteiger partial charge in [-0.1, -0.05) is 6.07 Å². The number of unbranched alkanes of at least 4 members (excludes halogenated alkanes) is 3. The van der Waals surface area contributed by atoms with Gasteiger partial charge in [-0.25, -0.2) is 0 Å². The van der Waals surface area contributed by atoms with Gasteiger partial charge in [0.05, 0.1) is 0 Å². The number of nitrogens with one attached hydrogen (secondary N) is 2. The molecule has 0 saturated carbocycles. The fourth-order valence-corrected chi connectivity index (χ4v) is 21.8. The van der Waals surface area contributed by atoms with E-state index < -0.39 is 36.3 Å². The van der Waals surface area contributed by atoms with Crippen LogP contribution in [0.4, 0.5) is 0 Å². The van der Waals surface area contributed by atoms with Crippen LogP contribution in [0, 0.1) is 0 Å². The Balaban J connectivity index is 2.24. The van der Waals surface area contributed by atoms with E-state index in [1.54, 1.807) is 23.6 Å². The zero-order chi connectivity index (χ0) is 27.3. The van der Waals surface area contributed by atoms with Crippen LogP contribution in [0.2, 0.25) is 18.3 Å². The van der Waals surface area contributed by atoms with Gasteiger partial charge in [-0.05, 0) is 5.38 Å². The molecule has 0 spiro atoms. The molecule has 2 amide bonds. The summed E-state index contributed by atoms with van der Waals surface area (Å²) in [6.07, 6.45) is 7.26. The van der Waals surface area contributed by atoms with E-state index in [1.807, 2.05) is 6.07 Å². The summed E-state index contributed by atoms with van der Waals surface area (Å²) in [6, 6.07) is 8.38. The summed E-state index contributed by atoms with van der Waals surface area (Å²) in [5.41, 5.74) is 0.325. The summed E-state index contributed by atoms with van der Waals surface area (Å²) in [7, 11) is 1.25. The average molecular weight is 656 g/mol. The van der Waals surface area contributed by atoms with Crippen molar-refractivity contribution >= 4 is 62.7 Å². The van der Waals surface area contributed by atoms with Crippen molar-refractivity contribution in [3.8, 4) is 0 Å². The second-order valence-corrected chi connectivity index (χ2v) is 24.1. The Morgan fingerprint density at radius 3 is 2.08 bits per heavy atom. The summed E-state index contributed by atoms with van der Waals surface area (Å²) in [4.78, 5) is 38.3. The van der Waals surface area contributed by atoms with E-state index in [2.05, 4.69) is 37.5 Å². The fraction of sp³-hybridized carbons (Fsp3) is 0.536. The van der Waals surface area contributed by atoms with E-state index in [0.717, 1.165) is 0 Å². The minimum atomic E-state index is -2.69. The molecule has 1 heterocycles. The Morgan fingerprint density at radius 2 is 1.59 bits per heavy atom. The molecule has 1 unspecified atom stereocenters. The van der Waals surface area contributed by atoms with Crippen LogP contribution in [-0.2, 0) is 9.53 Å². The molecule has 1 aromatic heterocycles. The van der Waals surface area contributed by atoms with E-state index in [-0.39, 0.29) is 12.5 Å². The maximum atomic E-state index is 13.1. The topological polar surface area (TPSA) is 84.5 Å². The third kappa shape index (κ3) is 9.28. The summed E-state index contributed by atoms with van der Waals surface area (Å²) < 4.78 is 10.2. The molecule has 1 atom stereocenters. The first-order chi connectivity index (χ1) is 17.8. The molecule has 0 aliphatic carbocycles. The van der Waals surface area contributed by atoms with Gasteiger partial charge < -0.3 is 0 Å². The van der Waals surface area contributed by atoms with Gasteiger partial charge in [0.1, 0.15) is 0 Å². The van der Waals surface area contributed by atoms with Crippen LogP contribution in [0.5, 0.6) is 0 Å². The molecule has 1 aromatic carbocycles. The summed E-state index contributed by atoms with van der Waals surface area (Å²) in [5.74, 6) is -1.41. The third-order valence-corrected chi connectivity index (χ3v) is 23.6. The van der Waals surface area contributed by atoms with E-state index >= 15 is 0 Å². The number of amides is 2. The van der Waals surface area contributed by atoms with Gasteiger partial charge in [0.25, 0.3) is 0 Å². The number of ether oxygens (including phenoxy) is 1. The van der Waals surface area contributed by atoms with E-state index in [0.29, 0.717) is 15.5 Å². The van der Waals surface area contributed by atoms with Crippen LogP contribution >= 0.6 is 22.9 Å². The number of benzene rings is 1. The van der Waals surface area contributed by atoms with Crippen LogP contribution < -0.4 is 14.2 Å². The third-order valence-electron chi connectivity index (χ3n) is 6.86. The Hall–Kier alpha value is -1.58. The van der Waals surface area contributed by atoms with E-state index in [4.69, 9.17) is 16.3 Å². The zero-order valence-corrected chi connectivity index (χ0v) is 27.0. The molecule has 2 aromatic rings. The second kappa shape index (κ2) is 16.4. The molecule has 0 saturated heterocycles. The first kappa shape index (κ1) is 31.6. The van der Waals surface area contributed by atoms with Gasteiger partial charge >= 0.3 is 224 Å². The number of hydrogen-bond acceptors (Lipinski definition) is 5. The zero-order valence-electron chi connectivity index (χ0n) is 22.5. The van der Waals surface area contributed by atoms with Crippen molar-refractivity contribution in [2.24, 2.45) is 0 Å². The van der Waals surface area contributed by atoms with Crippen molar-refractivity contribution < 1.29 is 19.1 Å². The van der Waals surface area contributed by atoms with Crippen molar-refractivity contribution in [1.82, 2.24) is 10.6 Å². The van der Waals surface area contributed by atoms with Crippen molar-refractivity contribution in [2.75, 3.05) is 13.7 Å². The van der Waals surface area contributed by atoms with E-state index in [1.165, 1.54) is 73.9 Å². The quantitative estimate of drug-likeness (QED) is 0.168. The van der Waals surface area contributed by atoms with Gasteiger partial charge in [0.2, 0.25) is 0 Å². The number of rotatable bonds is 16. The van der Waals surface area contributed by atoms with Crippen LogP contribution in [0.25, 0.3) is 0 Å². The summed E-state index contributed by atoms with van der Waals surface area (Å²) in [6.45, 7) is 6.65. The SMILES string of the molecule is CCC[CH2][Sn]([CH2]CCC)([CH2]CCC)[c]1ccc(C(=O)NC(CNC(=O)c2cccs2)C(=O)OC)c(Cl)c1. The number of methoxy groups -OCH3 is 1. The molecule has 6 nitrogen and oxygen atoms in total. The molecule has 0 fully saturated rings.